The van der Waals surface area contributed by atoms with E-state index in [1.54, 1.807) is 36.4 Å². The van der Waals surface area contributed by atoms with E-state index in [0.717, 1.165) is 11.1 Å². The van der Waals surface area contributed by atoms with Gasteiger partial charge in [-0.3, -0.25) is 0 Å². The molecule has 0 aromatic heterocycles. The van der Waals surface area contributed by atoms with E-state index >= 15 is 0 Å². The average Bonchev–Trinajstić information content (AvgIpc) is 2.50. The van der Waals surface area contributed by atoms with Crippen LogP contribution in [0.25, 0.3) is 11.1 Å². The van der Waals surface area contributed by atoms with Gasteiger partial charge < -0.3 is 14.9 Å². The summed E-state index contributed by atoms with van der Waals surface area (Å²) >= 11 is 0. The van der Waals surface area contributed by atoms with Crippen LogP contribution in [-0.2, 0) is 0 Å². The maximum absolute atomic E-state index is 9.72. The molecule has 3 nitrogen and oxygen atoms in total. The lowest BCUT2D eigenvalue weighted by atomic mass is 10.0. The summed E-state index contributed by atoms with van der Waals surface area (Å²) in [6, 6.07) is 21.2. The van der Waals surface area contributed by atoms with Crippen molar-refractivity contribution >= 4 is 0 Å². The van der Waals surface area contributed by atoms with Crippen LogP contribution in [0.2, 0.25) is 0 Å². The molecule has 0 bridgehead atoms. The van der Waals surface area contributed by atoms with Crippen molar-refractivity contribution < 1.29 is 14.9 Å². The van der Waals surface area contributed by atoms with E-state index in [9.17, 15) is 10.2 Å². The van der Waals surface area contributed by atoms with Gasteiger partial charge in [0.05, 0.1) is 0 Å². The molecule has 3 aromatic carbocycles. The first-order valence-corrected chi connectivity index (χ1v) is 6.58. The molecule has 0 aliphatic carbocycles. The van der Waals surface area contributed by atoms with Crippen molar-refractivity contribution in [3.8, 4) is 34.1 Å². The average molecular weight is 278 g/mol. The van der Waals surface area contributed by atoms with Crippen LogP contribution in [0.4, 0.5) is 0 Å². The summed E-state index contributed by atoms with van der Waals surface area (Å²) < 4.78 is 5.87. The Morgan fingerprint density at radius 1 is 0.667 bits per heavy atom. The number of rotatable bonds is 3. The summed E-state index contributed by atoms with van der Waals surface area (Å²) in [4.78, 5) is 0. The second kappa shape index (κ2) is 5.59. The molecular formula is C18H14O3. The molecule has 0 aliphatic rings. The van der Waals surface area contributed by atoms with E-state index in [-0.39, 0.29) is 11.5 Å². The first-order chi connectivity index (χ1) is 10.2. The zero-order valence-corrected chi connectivity index (χ0v) is 11.2. The maximum atomic E-state index is 9.72. The number of para-hydroxylation sites is 1. The topological polar surface area (TPSA) is 49.7 Å². The van der Waals surface area contributed by atoms with Gasteiger partial charge in [0.15, 0.2) is 0 Å². The number of aromatic hydroxyl groups is 2. The van der Waals surface area contributed by atoms with E-state index in [1.165, 1.54) is 0 Å². The van der Waals surface area contributed by atoms with E-state index < -0.39 is 0 Å². The van der Waals surface area contributed by atoms with Crippen LogP contribution in [0.3, 0.4) is 0 Å². The van der Waals surface area contributed by atoms with Crippen LogP contribution in [0.1, 0.15) is 0 Å². The van der Waals surface area contributed by atoms with Gasteiger partial charge in [-0.1, -0.05) is 30.3 Å². The third-order valence-corrected chi connectivity index (χ3v) is 3.09. The fourth-order valence-corrected chi connectivity index (χ4v) is 2.12. The monoisotopic (exact) mass is 278 g/mol. The predicted molar refractivity (Wildman–Crippen MR) is 81.7 cm³/mol. The minimum absolute atomic E-state index is 0.147. The Labute approximate surface area is 122 Å². The molecule has 0 amide bonds. The van der Waals surface area contributed by atoms with Crippen LogP contribution < -0.4 is 4.74 Å². The summed E-state index contributed by atoms with van der Waals surface area (Å²) in [5.74, 6) is 1.64. The molecule has 0 atom stereocenters. The molecule has 0 spiro atoms. The van der Waals surface area contributed by atoms with Crippen molar-refractivity contribution in [2.45, 2.75) is 0 Å². The van der Waals surface area contributed by atoms with E-state index in [2.05, 4.69) is 0 Å². The van der Waals surface area contributed by atoms with Gasteiger partial charge in [0.2, 0.25) is 0 Å². The maximum Gasteiger partial charge on any atom is 0.135 e. The molecule has 0 heterocycles. The first-order valence-electron chi connectivity index (χ1n) is 6.58. The molecule has 3 rings (SSSR count). The number of hydrogen-bond acceptors (Lipinski definition) is 3. The summed E-state index contributed by atoms with van der Waals surface area (Å²) in [7, 11) is 0. The van der Waals surface area contributed by atoms with Crippen molar-refractivity contribution in [1.82, 2.24) is 0 Å². The van der Waals surface area contributed by atoms with Crippen LogP contribution >= 0.6 is 0 Å². The number of benzene rings is 3. The second-order valence-electron chi connectivity index (χ2n) is 4.65. The largest absolute Gasteiger partial charge is 0.508 e. The lowest BCUT2D eigenvalue weighted by Gasteiger charge is -2.12. The zero-order chi connectivity index (χ0) is 14.7. The molecule has 21 heavy (non-hydrogen) atoms. The zero-order valence-electron chi connectivity index (χ0n) is 11.2. The van der Waals surface area contributed by atoms with Crippen molar-refractivity contribution in [3.05, 3.63) is 72.8 Å². The fraction of sp³-hybridized carbons (Fsp3) is 0. The normalized spacial score (nSPS) is 10.3. The highest BCUT2D eigenvalue weighted by Crippen LogP contribution is 2.36. The van der Waals surface area contributed by atoms with Crippen molar-refractivity contribution in [2.24, 2.45) is 0 Å². The highest BCUT2D eigenvalue weighted by Gasteiger charge is 2.09. The predicted octanol–water partition coefficient (Wildman–Crippen LogP) is 4.56. The van der Waals surface area contributed by atoms with Gasteiger partial charge in [-0.15, -0.1) is 0 Å². The van der Waals surface area contributed by atoms with Crippen LogP contribution in [-0.4, -0.2) is 10.2 Å². The number of ether oxygens (including phenoxy) is 1. The van der Waals surface area contributed by atoms with E-state index in [1.807, 2.05) is 36.4 Å². The number of hydrogen-bond donors (Lipinski definition) is 2. The summed E-state index contributed by atoms with van der Waals surface area (Å²) in [6.45, 7) is 0. The van der Waals surface area contributed by atoms with Gasteiger partial charge in [-0.25, -0.2) is 0 Å². The van der Waals surface area contributed by atoms with Gasteiger partial charge in [-0.05, 0) is 48.0 Å². The van der Waals surface area contributed by atoms with Gasteiger partial charge >= 0.3 is 0 Å². The lowest BCUT2D eigenvalue weighted by molar-refractivity contribution is 0.465. The summed E-state index contributed by atoms with van der Waals surface area (Å²) in [5, 5.41) is 19.3. The molecule has 0 aliphatic heterocycles. The fourth-order valence-electron chi connectivity index (χ4n) is 2.12. The van der Waals surface area contributed by atoms with Gasteiger partial charge in [-0.2, -0.15) is 0 Å². The summed E-state index contributed by atoms with van der Waals surface area (Å²) in [6.07, 6.45) is 0. The Kier molecular flexibility index (Phi) is 3.48. The minimum atomic E-state index is 0.147. The minimum Gasteiger partial charge on any atom is -0.508 e. The van der Waals surface area contributed by atoms with Crippen LogP contribution in [0, 0.1) is 0 Å². The first kappa shape index (κ1) is 13.1. The van der Waals surface area contributed by atoms with Crippen LogP contribution in [0.5, 0.6) is 23.0 Å². The van der Waals surface area contributed by atoms with Gasteiger partial charge in [0, 0.05) is 5.56 Å². The van der Waals surface area contributed by atoms with Gasteiger partial charge in [0.25, 0.3) is 0 Å². The highest BCUT2D eigenvalue weighted by molar-refractivity contribution is 5.73. The Morgan fingerprint density at radius 3 is 2.19 bits per heavy atom. The third kappa shape index (κ3) is 2.98. The molecule has 104 valence electrons. The summed E-state index contributed by atoms with van der Waals surface area (Å²) in [5.41, 5.74) is 1.49. The Hall–Kier alpha value is -2.94. The van der Waals surface area contributed by atoms with Gasteiger partial charge in [0.1, 0.15) is 23.0 Å². The van der Waals surface area contributed by atoms with Crippen LogP contribution in [0.15, 0.2) is 72.8 Å². The second-order valence-corrected chi connectivity index (χ2v) is 4.65. The van der Waals surface area contributed by atoms with Crippen molar-refractivity contribution in [3.63, 3.8) is 0 Å². The van der Waals surface area contributed by atoms with Crippen molar-refractivity contribution in [1.29, 1.82) is 0 Å². The standard InChI is InChI=1S/C18H14O3/c19-14-6-4-5-13(11-14)17-12-15(20)9-10-18(17)21-16-7-2-1-3-8-16/h1-12,19-20H. The highest BCUT2D eigenvalue weighted by atomic mass is 16.5. The third-order valence-electron chi connectivity index (χ3n) is 3.09. The molecule has 0 fully saturated rings. The lowest BCUT2D eigenvalue weighted by Crippen LogP contribution is -1.88. The van der Waals surface area contributed by atoms with Crippen molar-refractivity contribution in [2.75, 3.05) is 0 Å². The molecule has 0 saturated carbocycles. The number of phenolic OH excluding ortho intramolecular Hbond substituents is 2. The molecule has 3 aromatic rings. The number of phenols is 2. The molecule has 0 unspecified atom stereocenters. The SMILES string of the molecule is Oc1cccc(-c2cc(O)ccc2Oc2ccccc2)c1. The molecule has 2 N–H and O–H groups in total. The Balaban J connectivity index is 2.05. The van der Waals surface area contributed by atoms with E-state index in [4.69, 9.17) is 4.74 Å². The Bertz CT molecular complexity index is 751. The quantitative estimate of drug-likeness (QED) is 0.738. The molecular weight excluding hydrogens is 264 g/mol. The smallest absolute Gasteiger partial charge is 0.135 e. The Morgan fingerprint density at radius 2 is 1.43 bits per heavy atom. The molecule has 3 heteroatoms. The van der Waals surface area contributed by atoms with E-state index in [0.29, 0.717) is 11.5 Å². The molecule has 0 radical (unpaired) electrons. The molecule has 0 saturated heterocycles.